The van der Waals surface area contributed by atoms with Gasteiger partial charge in [-0.05, 0) is 66.8 Å². The van der Waals surface area contributed by atoms with E-state index in [0.717, 1.165) is 30.5 Å². The van der Waals surface area contributed by atoms with Gasteiger partial charge in [0.25, 0.3) is 5.91 Å². The molecule has 0 aliphatic heterocycles. The zero-order chi connectivity index (χ0) is 21.6. The van der Waals surface area contributed by atoms with Crippen LogP contribution in [0.2, 0.25) is 0 Å². The van der Waals surface area contributed by atoms with Crippen LogP contribution in [-0.2, 0) is 22.4 Å². The van der Waals surface area contributed by atoms with Gasteiger partial charge in [-0.1, -0.05) is 24.2 Å². The van der Waals surface area contributed by atoms with Crippen LogP contribution in [-0.4, -0.2) is 24.3 Å². The third kappa shape index (κ3) is 6.50. The van der Waals surface area contributed by atoms with Gasteiger partial charge in [-0.3, -0.25) is 4.79 Å². The minimum atomic E-state index is -4.36. The van der Waals surface area contributed by atoms with Gasteiger partial charge in [0.15, 0.2) is 6.61 Å². The Morgan fingerprint density at radius 1 is 1.10 bits per heavy atom. The number of alkyl halides is 3. The number of hydrogen-bond donors (Lipinski definition) is 1. The molecule has 0 aromatic heterocycles. The standard InChI is InChI=1S/C22H23F3N2O3/c1-2-20(27-30-13-15-3-7-17(8-4-15)22(23,24)25)16-5-11-19(12-6-16)29-14-21(28)26-18-9-10-18/h3-8,11-12,18H,2,9-10,13-14H2,1H3,(H,26,28)/b27-20-. The minimum Gasteiger partial charge on any atom is -0.484 e. The maximum atomic E-state index is 12.6. The van der Waals surface area contributed by atoms with E-state index in [1.807, 2.05) is 19.1 Å². The Morgan fingerprint density at radius 3 is 2.33 bits per heavy atom. The van der Waals surface area contributed by atoms with Crippen molar-refractivity contribution in [2.45, 2.75) is 45.0 Å². The molecule has 0 unspecified atom stereocenters. The highest BCUT2D eigenvalue weighted by atomic mass is 19.4. The number of benzene rings is 2. The Bertz CT molecular complexity index is 874. The first-order valence-electron chi connectivity index (χ1n) is 9.72. The van der Waals surface area contributed by atoms with Crippen LogP contribution >= 0.6 is 0 Å². The Balaban J connectivity index is 1.51. The zero-order valence-corrected chi connectivity index (χ0v) is 16.5. The summed E-state index contributed by atoms with van der Waals surface area (Å²) in [7, 11) is 0. The topological polar surface area (TPSA) is 59.9 Å². The van der Waals surface area contributed by atoms with Crippen LogP contribution in [0.5, 0.6) is 5.75 Å². The summed E-state index contributed by atoms with van der Waals surface area (Å²) in [5, 5.41) is 6.97. The highest BCUT2D eigenvalue weighted by molar-refractivity contribution is 6.00. The van der Waals surface area contributed by atoms with Crippen molar-refractivity contribution in [3.63, 3.8) is 0 Å². The summed E-state index contributed by atoms with van der Waals surface area (Å²) in [6.45, 7) is 1.96. The number of halogens is 3. The quantitative estimate of drug-likeness (QED) is 0.473. The van der Waals surface area contributed by atoms with Gasteiger partial charge in [0.05, 0.1) is 11.3 Å². The predicted molar refractivity (Wildman–Crippen MR) is 106 cm³/mol. The third-order valence-corrected chi connectivity index (χ3v) is 4.52. The molecule has 1 aliphatic rings. The van der Waals surface area contributed by atoms with E-state index >= 15 is 0 Å². The fourth-order valence-electron chi connectivity index (χ4n) is 2.69. The molecule has 1 fully saturated rings. The number of nitrogens with zero attached hydrogens (tertiary/aromatic N) is 1. The third-order valence-electron chi connectivity index (χ3n) is 4.52. The molecule has 0 heterocycles. The minimum absolute atomic E-state index is 0.0270. The normalized spacial score (nSPS) is 14.3. The fraction of sp³-hybridized carbons (Fsp3) is 0.364. The number of rotatable bonds is 9. The zero-order valence-electron chi connectivity index (χ0n) is 16.5. The predicted octanol–water partition coefficient (Wildman–Crippen LogP) is 4.69. The molecule has 0 atom stereocenters. The first kappa shape index (κ1) is 21.7. The lowest BCUT2D eigenvalue weighted by Crippen LogP contribution is -2.30. The Kier molecular flexibility index (Phi) is 6.97. The summed E-state index contributed by atoms with van der Waals surface area (Å²) < 4.78 is 43.3. The summed E-state index contributed by atoms with van der Waals surface area (Å²) in [4.78, 5) is 17.0. The molecule has 2 aromatic carbocycles. The van der Waals surface area contributed by atoms with Crippen molar-refractivity contribution in [3.8, 4) is 5.75 Å². The molecule has 1 amide bonds. The second kappa shape index (κ2) is 9.65. The van der Waals surface area contributed by atoms with Gasteiger partial charge < -0.3 is 14.9 Å². The Morgan fingerprint density at radius 2 is 1.77 bits per heavy atom. The van der Waals surface area contributed by atoms with Crippen molar-refractivity contribution < 1.29 is 27.5 Å². The van der Waals surface area contributed by atoms with E-state index in [0.29, 0.717) is 29.5 Å². The molecular formula is C22H23F3N2O3. The Hall–Kier alpha value is -3.03. The maximum absolute atomic E-state index is 12.6. The maximum Gasteiger partial charge on any atom is 0.416 e. The largest absolute Gasteiger partial charge is 0.484 e. The molecule has 0 saturated heterocycles. The molecular weight excluding hydrogens is 397 g/mol. The van der Waals surface area contributed by atoms with E-state index in [1.165, 1.54) is 12.1 Å². The smallest absolute Gasteiger partial charge is 0.416 e. The van der Waals surface area contributed by atoms with Crippen LogP contribution in [0.1, 0.15) is 42.9 Å². The summed E-state index contributed by atoms with van der Waals surface area (Å²) in [5.74, 6) is 0.444. The van der Waals surface area contributed by atoms with Crippen molar-refractivity contribution in [2.24, 2.45) is 5.16 Å². The lowest BCUT2D eigenvalue weighted by atomic mass is 10.1. The molecule has 1 saturated carbocycles. The van der Waals surface area contributed by atoms with Gasteiger partial charge in [-0.15, -0.1) is 0 Å². The van der Waals surface area contributed by atoms with Crippen molar-refractivity contribution in [1.29, 1.82) is 0 Å². The van der Waals surface area contributed by atoms with E-state index in [1.54, 1.807) is 12.1 Å². The van der Waals surface area contributed by atoms with Crippen LogP contribution in [0.15, 0.2) is 53.7 Å². The molecule has 2 aromatic rings. The van der Waals surface area contributed by atoms with Gasteiger partial charge in [0.1, 0.15) is 12.4 Å². The van der Waals surface area contributed by atoms with Gasteiger partial charge in [0, 0.05) is 6.04 Å². The number of carbonyl (C=O) groups excluding carboxylic acids is 1. The monoisotopic (exact) mass is 420 g/mol. The molecule has 0 radical (unpaired) electrons. The summed E-state index contributed by atoms with van der Waals surface area (Å²) in [6, 6.07) is 12.2. The van der Waals surface area contributed by atoms with Crippen LogP contribution < -0.4 is 10.1 Å². The number of hydrogen-bond acceptors (Lipinski definition) is 4. The average molecular weight is 420 g/mol. The average Bonchev–Trinajstić information content (AvgIpc) is 3.54. The number of amides is 1. The van der Waals surface area contributed by atoms with Gasteiger partial charge in [0.2, 0.25) is 0 Å². The van der Waals surface area contributed by atoms with Crippen LogP contribution in [0, 0.1) is 0 Å². The second-order valence-electron chi connectivity index (χ2n) is 7.01. The fourth-order valence-corrected chi connectivity index (χ4v) is 2.69. The lowest BCUT2D eigenvalue weighted by Gasteiger charge is -2.09. The van der Waals surface area contributed by atoms with Crippen LogP contribution in [0.4, 0.5) is 13.2 Å². The summed E-state index contributed by atoms with van der Waals surface area (Å²) in [5.41, 5.74) is 1.42. The molecule has 1 aliphatic carbocycles. The highest BCUT2D eigenvalue weighted by Crippen LogP contribution is 2.29. The van der Waals surface area contributed by atoms with Crippen LogP contribution in [0.25, 0.3) is 0 Å². The number of nitrogens with one attached hydrogen (secondary N) is 1. The molecule has 8 heteroatoms. The van der Waals surface area contributed by atoms with E-state index < -0.39 is 11.7 Å². The van der Waals surface area contributed by atoms with E-state index in [9.17, 15) is 18.0 Å². The van der Waals surface area contributed by atoms with Gasteiger partial charge >= 0.3 is 6.18 Å². The summed E-state index contributed by atoms with van der Waals surface area (Å²) in [6.07, 6.45) is -1.69. The molecule has 30 heavy (non-hydrogen) atoms. The number of oxime groups is 1. The Labute approximate surface area is 172 Å². The molecule has 5 nitrogen and oxygen atoms in total. The van der Waals surface area contributed by atoms with Crippen molar-refractivity contribution >= 4 is 11.6 Å². The molecule has 0 spiro atoms. The SMILES string of the molecule is CC/C(=N/OCc1ccc(C(F)(F)F)cc1)c1ccc(OCC(=O)NC2CC2)cc1. The van der Waals surface area contributed by atoms with Gasteiger partial charge in [-0.2, -0.15) is 13.2 Å². The summed E-state index contributed by atoms with van der Waals surface area (Å²) >= 11 is 0. The van der Waals surface area contributed by atoms with Gasteiger partial charge in [-0.25, -0.2) is 0 Å². The second-order valence-corrected chi connectivity index (χ2v) is 7.01. The highest BCUT2D eigenvalue weighted by Gasteiger charge is 2.29. The lowest BCUT2D eigenvalue weighted by molar-refractivity contribution is -0.137. The number of carbonyl (C=O) groups is 1. The van der Waals surface area contributed by atoms with E-state index in [-0.39, 0.29) is 19.1 Å². The van der Waals surface area contributed by atoms with Crippen molar-refractivity contribution in [3.05, 3.63) is 65.2 Å². The number of ether oxygens (including phenoxy) is 1. The van der Waals surface area contributed by atoms with Crippen molar-refractivity contribution in [2.75, 3.05) is 6.61 Å². The molecule has 3 rings (SSSR count). The molecule has 0 bridgehead atoms. The van der Waals surface area contributed by atoms with E-state index in [2.05, 4.69) is 10.5 Å². The van der Waals surface area contributed by atoms with E-state index in [4.69, 9.17) is 9.57 Å². The molecule has 160 valence electrons. The first-order chi connectivity index (χ1) is 14.3. The van der Waals surface area contributed by atoms with Crippen molar-refractivity contribution in [1.82, 2.24) is 5.32 Å². The van der Waals surface area contributed by atoms with Crippen LogP contribution in [0.3, 0.4) is 0 Å². The first-order valence-corrected chi connectivity index (χ1v) is 9.72. The molecule has 1 N–H and O–H groups in total.